The third-order valence-corrected chi connectivity index (χ3v) is 8.11. The van der Waals surface area contributed by atoms with E-state index in [4.69, 9.17) is 4.98 Å². The Balaban J connectivity index is 1.34. The van der Waals surface area contributed by atoms with Gasteiger partial charge in [-0.25, -0.2) is 4.98 Å². The lowest BCUT2D eigenvalue weighted by Crippen LogP contribution is -2.45. The van der Waals surface area contributed by atoms with E-state index in [1.807, 2.05) is 0 Å². The Kier molecular flexibility index (Phi) is 6.87. The van der Waals surface area contributed by atoms with Gasteiger partial charge in [-0.2, -0.15) is 0 Å². The van der Waals surface area contributed by atoms with Crippen molar-refractivity contribution in [3.05, 3.63) is 77.9 Å². The number of H-pyrrole nitrogens is 1. The molecule has 1 aliphatic rings. The number of nitrogens with one attached hydrogen (secondary N) is 2. The number of aromatic nitrogens is 2. The topological polar surface area (TPSA) is 47.2 Å². The van der Waals surface area contributed by atoms with Crippen LogP contribution in [0.1, 0.15) is 11.1 Å². The first kappa shape index (κ1) is 24.0. The molecule has 2 aromatic heterocycles. The van der Waals surface area contributed by atoms with E-state index in [-0.39, 0.29) is 0 Å². The summed E-state index contributed by atoms with van der Waals surface area (Å²) in [4.78, 5) is 15.0. The zero-order valence-electron chi connectivity index (χ0n) is 21.5. The highest BCUT2D eigenvalue weighted by atomic mass is 32.2. The van der Waals surface area contributed by atoms with Gasteiger partial charge in [-0.3, -0.25) is 4.90 Å². The second-order valence-corrected chi connectivity index (χ2v) is 10.7. The molecular weight excluding hydrogens is 474 g/mol. The lowest BCUT2D eigenvalue weighted by molar-refractivity contribution is 0.158. The lowest BCUT2D eigenvalue weighted by atomic mass is 10.1. The van der Waals surface area contributed by atoms with Crippen molar-refractivity contribution in [1.82, 2.24) is 19.8 Å². The van der Waals surface area contributed by atoms with Crippen LogP contribution in [0, 0.1) is 0 Å². The highest BCUT2D eigenvalue weighted by Gasteiger charge is 2.16. The molecule has 5 nitrogen and oxygen atoms in total. The SMILES string of the molecule is CSc1ccc(/C=C/c2ccc3c(NCCN4CCN(C)CC4)c4[nH]c5ccccc5c4nc3c2)cc1. The first-order valence-electron chi connectivity index (χ1n) is 13.0. The third kappa shape index (κ3) is 5.10. The quantitative estimate of drug-likeness (QED) is 0.197. The molecule has 1 saturated heterocycles. The molecule has 3 heterocycles. The monoisotopic (exact) mass is 507 g/mol. The number of fused-ring (bicyclic) bond motifs is 4. The largest absolute Gasteiger partial charge is 0.381 e. The molecule has 3 aromatic carbocycles. The van der Waals surface area contributed by atoms with E-state index in [1.165, 1.54) is 10.5 Å². The summed E-state index contributed by atoms with van der Waals surface area (Å²) in [6.07, 6.45) is 6.45. The predicted octanol–water partition coefficient (Wildman–Crippen LogP) is 6.42. The van der Waals surface area contributed by atoms with E-state index in [0.717, 1.165) is 83.4 Å². The maximum Gasteiger partial charge on any atom is 0.0986 e. The molecular formula is C31H33N5S. The third-order valence-electron chi connectivity index (χ3n) is 7.36. The van der Waals surface area contributed by atoms with Gasteiger partial charge in [-0.05, 0) is 48.7 Å². The molecule has 6 rings (SSSR count). The zero-order chi connectivity index (χ0) is 25.2. The molecule has 2 N–H and O–H groups in total. The summed E-state index contributed by atoms with van der Waals surface area (Å²) in [7, 11) is 2.20. The van der Waals surface area contributed by atoms with Crippen LogP contribution in [0.5, 0.6) is 0 Å². The Bertz CT molecular complexity index is 1560. The van der Waals surface area contributed by atoms with Crippen molar-refractivity contribution >= 4 is 62.4 Å². The Morgan fingerprint density at radius 1 is 0.919 bits per heavy atom. The average Bonchev–Trinajstić information content (AvgIpc) is 3.31. The minimum Gasteiger partial charge on any atom is -0.381 e. The van der Waals surface area contributed by atoms with Crippen molar-refractivity contribution in [2.45, 2.75) is 4.90 Å². The van der Waals surface area contributed by atoms with Crippen molar-refractivity contribution in [3.8, 4) is 0 Å². The normalized spacial score (nSPS) is 15.4. The van der Waals surface area contributed by atoms with Gasteiger partial charge in [-0.15, -0.1) is 11.8 Å². The van der Waals surface area contributed by atoms with Gasteiger partial charge in [0.25, 0.3) is 0 Å². The maximum atomic E-state index is 5.15. The summed E-state index contributed by atoms with van der Waals surface area (Å²) in [6, 6.07) is 23.7. The first-order chi connectivity index (χ1) is 18.2. The van der Waals surface area contributed by atoms with Gasteiger partial charge in [0.1, 0.15) is 0 Å². The molecule has 0 saturated carbocycles. The number of rotatable bonds is 7. The first-order valence-corrected chi connectivity index (χ1v) is 14.2. The number of benzene rings is 3. The van der Waals surface area contributed by atoms with Crippen LogP contribution >= 0.6 is 11.8 Å². The van der Waals surface area contributed by atoms with Crippen molar-refractivity contribution in [1.29, 1.82) is 0 Å². The Labute approximate surface area is 222 Å². The fraction of sp³-hybridized carbons (Fsp3) is 0.258. The van der Waals surface area contributed by atoms with Crippen LogP contribution in [0.3, 0.4) is 0 Å². The lowest BCUT2D eigenvalue weighted by Gasteiger charge is -2.32. The number of aromatic amines is 1. The highest BCUT2D eigenvalue weighted by Crippen LogP contribution is 2.35. The van der Waals surface area contributed by atoms with E-state index in [2.05, 4.69) is 112 Å². The number of hydrogen-bond acceptors (Lipinski definition) is 5. The molecule has 1 fully saturated rings. The van der Waals surface area contributed by atoms with Crippen LogP contribution in [0.25, 0.3) is 45.0 Å². The van der Waals surface area contributed by atoms with Gasteiger partial charge >= 0.3 is 0 Å². The fourth-order valence-electron chi connectivity index (χ4n) is 5.14. The number of pyridine rings is 1. The number of nitrogens with zero attached hydrogens (tertiary/aromatic N) is 3. The molecule has 0 unspecified atom stereocenters. The fourth-order valence-corrected chi connectivity index (χ4v) is 5.55. The minimum atomic E-state index is 0.904. The zero-order valence-corrected chi connectivity index (χ0v) is 22.3. The van der Waals surface area contributed by atoms with Gasteiger partial charge in [0, 0.05) is 60.5 Å². The van der Waals surface area contributed by atoms with Gasteiger partial charge in [0.15, 0.2) is 0 Å². The van der Waals surface area contributed by atoms with Gasteiger partial charge < -0.3 is 15.2 Å². The number of para-hydroxylation sites is 1. The van der Waals surface area contributed by atoms with Crippen molar-refractivity contribution < 1.29 is 0 Å². The summed E-state index contributed by atoms with van der Waals surface area (Å²) < 4.78 is 0. The van der Waals surface area contributed by atoms with E-state index in [9.17, 15) is 0 Å². The summed E-state index contributed by atoms with van der Waals surface area (Å²) in [5.74, 6) is 0. The van der Waals surface area contributed by atoms with Crippen LogP contribution in [-0.2, 0) is 0 Å². The number of piperazine rings is 1. The minimum absolute atomic E-state index is 0.904. The Morgan fingerprint density at radius 3 is 2.49 bits per heavy atom. The summed E-state index contributed by atoms with van der Waals surface area (Å²) >= 11 is 1.77. The number of thioether (sulfide) groups is 1. The van der Waals surface area contributed by atoms with Crippen molar-refractivity contribution in [2.24, 2.45) is 0 Å². The molecule has 0 atom stereocenters. The molecule has 0 amide bonds. The molecule has 0 spiro atoms. The van der Waals surface area contributed by atoms with Crippen molar-refractivity contribution in [2.75, 3.05) is 57.9 Å². The van der Waals surface area contributed by atoms with E-state index < -0.39 is 0 Å². The van der Waals surface area contributed by atoms with Crippen LogP contribution < -0.4 is 5.32 Å². The number of hydrogen-bond donors (Lipinski definition) is 2. The summed E-state index contributed by atoms with van der Waals surface area (Å²) in [5, 5.41) is 6.11. The second kappa shape index (κ2) is 10.6. The van der Waals surface area contributed by atoms with E-state index >= 15 is 0 Å². The van der Waals surface area contributed by atoms with Gasteiger partial charge in [0.2, 0.25) is 0 Å². The summed E-state index contributed by atoms with van der Waals surface area (Å²) in [6.45, 7) is 6.49. The molecule has 0 radical (unpaired) electrons. The Hall–Kier alpha value is -3.32. The molecule has 188 valence electrons. The molecule has 0 aliphatic carbocycles. The molecule has 37 heavy (non-hydrogen) atoms. The smallest absolute Gasteiger partial charge is 0.0986 e. The second-order valence-electron chi connectivity index (χ2n) is 9.84. The van der Waals surface area contributed by atoms with Crippen LogP contribution in [0.4, 0.5) is 5.69 Å². The van der Waals surface area contributed by atoms with E-state index in [1.54, 1.807) is 11.8 Å². The highest BCUT2D eigenvalue weighted by molar-refractivity contribution is 7.98. The number of anilines is 1. The van der Waals surface area contributed by atoms with Crippen LogP contribution in [-0.4, -0.2) is 72.3 Å². The average molecular weight is 508 g/mol. The van der Waals surface area contributed by atoms with E-state index in [0.29, 0.717) is 0 Å². The van der Waals surface area contributed by atoms with Crippen LogP contribution in [0.2, 0.25) is 0 Å². The van der Waals surface area contributed by atoms with Crippen molar-refractivity contribution in [3.63, 3.8) is 0 Å². The predicted molar refractivity (Wildman–Crippen MR) is 161 cm³/mol. The maximum absolute atomic E-state index is 5.15. The standard InChI is InChI=1S/C31H33N5S/c1-35-17-19-36(20-18-35)16-15-32-29-26-14-11-23(8-7-22-9-12-24(37-2)13-10-22)21-28(26)34-30-25-5-3-4-6-27(25)33-31(29)30/h3-14,21,33H,15-20H2,1-2H3,(H,32,34)/b8-7+. The Morgan fingerprint density at radius 2 is 1.68 bits per heavy atom. The van der Waals surface area contributed by atoms with Gasteiger partial charge in [-0.1, -0.05) is 54.6 Å². The number of likely N-dealkylation sites (N-methyl/N-ethyl adjacent to an activating group) is 1. The van der Waals surface area contributed by atoms with Gasteiger partial charge in [0.05, 0.1) is 22.2 Å². The molecule has 0 bridgehead atoms. The summed E-state index contributed by atoms with van der Waals surface area (Å²) in [5.41, 5.74) is 7.74. The molecule has 6 heteroatoms. The molecule has 1 aliphatic heterocycles. The van der Waals surface area contributed by atoms with Crippen LogP contribution in [0.15, 0.2) is 71.6 Å². The molecule has 5 aromatic rings.